The Morgan fingerprint density at radius 1 is 1.03 bits per heavy atom. The van der Waals surface area contributed by atoms with Crippen molar-refractivity contribution in [1.29, 1.82) is 0 Å². The van der Waals surface area contributed by atoms with E-state index in [1.54, 1.807) is 6.21 Å². The highest BCUT2D eigenvalue weighted by atomic mass is 16.1. The topological polar surface area (TPSA) is 98.2 Å². The fourth-order valence-corrected chi connectivity index (χ4v) is 3.98. The number of carbonyl (C=O) groups excluding carboxylic acids is 1. The highest BCUT2D eigenvalue weighted by Crippen LogP contribution is 2.28. The fourth-order valence-electron chi connectivity index (χ4n) is 3.98. The zero-order valence-corrected chi connectivity index (χ0v) is 16.5. The Morgan fingerprint density at radius 3 is 2.43 bits per heavy atom. The van der Waals surface area contributed by atoms with E-state index in [0.29, 0.717) is 22.2 Å². The van der Waals surface area contributed by atoms with Crippen LogP contribution < -0.4 is 11.1 Å². The van der Waals surface area contributed by atoms with Crippen molar-refractivity contribution < 1.29 is 4.79 Å². The third-order valence-corrected chi connectivity index (χ3v) is 5.51. The number of rotatable bonds is 4. The zero-order valence-electron chi connectivity index (χ0n) is 16.5. The lowest BCUT2D eigenvalue weighted by molar-refractivity contribution is 0.0940. The number of nitrogens with one attached hydrogen (secondary N) is 1. The largest absolute Gasteiger partial charge is 0.383 e. The fraction of sp³-hybridized carbons (Fsp3) is 0.217. The van der Waals surface area contributed by atoms with Gasteiger partial charge in [-0.1, -0.05) is 55.3 Å². The molecule has 7 nitrogen and oxygen atoms in total. The summed E-state index contributed by atoms with van der Waals surface area (Å²) in [4.78, 5) is 22.6. The molecule has 0 aliphatic heterocycles. The van der Waals surface area contributed by atoms with Gasteiger partial charge in [0.1, 0.15) is 16.9 Å². The van der Waals surface area contributed by atoms with Gasteiger partial charge in [0.05, 0.1) is 17.2 Å². The number of amides is 1. The molecule has 0 saturated heterocycles. The van der Waals surface area contributed by atoms with Gasteiger partial charge < -0.3 is 11.1 Å². The number of nitrogen functional groups attached to an aromatic ring is 1. The summed E-state index contributed by atoms with van der Waals surface area (Å²) in [6.07, 6.45) is 5.95. The first kappa shape index (κ1) is 18.3. The second kappa shape index (κ2) is 7.59. The summed E-state index contributed by atoms with van der Waals surface area (Å²) in [5.74, 6) is 0.0191. The predicted molar refractivity (Wildman–Crippen MR) is 119 cm³/mol. The van der Waals surface area contributed by atoms with Crippen LogP contribution in [0.4, 0.5) is 5.82 Å². The van der Waals surface area contributed by atoms with Crippen LogP contribution in [0.5, 0.6) is 0 Å². The number of benzene rings is 2. The number of aromatic nitrogens is 3. The molecule has 0 spiro atoms. The minimum atomic E-state index is -0.220. The number of anilines is 1. The first-order chi connectivity index (χ1) is 14.7. The highest BCUT2D eigenvalue weighted by Gasteiger charge is 2.26. The Bertz CT molecular complexity index is 1260. The van der Waals surface area contributed by atoms with Gasteiger partial charge in [-0.15, -0.1) is 0 Å². The van der Waals surface area contributed by atoms with E-state index in [9.17, 15) is 4.79 Å². The highest BCUT2D eigenvalue weighted by molar-refractivity contribution is 6.10. The summed E-state index contributed by atoms with van der Waals surface area (Å²) in [5.41, 5.74) is 10.0. The minimum Gasteiger partial charge on any atom is -0.383 e. The molecular weight excluding hydrogens is 376 g/mol. The number of nitrogens with two attached hydrogens (primary N) is 1. The average molecular weight is 398 g/mol. The van der Waals surface area contributed by atoms with Gasteiger partial charge in [0.25, 0.3) is 5.91 Å². The van der Waals surface area contributed by atoms with Gasteiger partial charge in [0.2, 0.25) is 0 Å². The van der Waals surface area contributed by atoms with Crippen molar-refractivity contribution >= 4 is 40.1 Å². The van der Waals surface area contributed by atoms with E-state index in [4.69, 9.17) is 15.7 Å². The van der Waals surface area contributed by atoms with Crippen LogP contribution in [0.3, 0.4) is 0 Å². The molecule has 2 aromatic heterocycles. The van der Waals surface area contributed by atoms with Gasteiger partial charge in [-0.3, -0.25) is 4.79 Å². The summed E-state index contributed by atoms with van der Waals surface area (Å²) in [7, 11) is 0. The molecule has 4 aromatic rings. The molecule has 0 radical (unpaired) electrons. The molecule has 0 bridgehead atoms. The Labute approximate surface area is 173 Å². The van der Waals surface area contributed by atoms with E-state index in [0.717, 1.165) is 36.8 Å². The SMILES string of the molecule is Nc1c(C(=O)NC2CCCC2)c2nc3ccccc3nc2n1/N=C\c1ccccc1. The molecule has 30 heavy (non-hydrogen) atoms. The first-order valence-electron chi connectivity index (χ1n) is 10.2. The molecule has 2 heterocycles. The minimum absolute atomic E-state index is 0.177. The van der Waals surface area contributed by atoms with Gasteiger partial charge in [-0.25, -0.2) is 9.97 Å². The monoisotopic (exact) mass is 398 g/mol. The third-order valence-electron chi connectivity index (χ3n) is 5.51. The normalized spacial score (nSPS) is 14.8. The Kier molecular flexibility index (Phi) is 4.63. The van der Waals surface area contributed by atoms with Crippen molar-refractivity contribution in [3.63, 3.8) is 0 Å². The van der Waals surface area contributed by atoms with Crippen LogP contribution in [0.2, 0.25) is 0 Å². The Balaban J connectivity index is 1.66. The molecule has 1 saturated carbocycles. The summed E-state index contributed by atoms with van der Waals surface area (Å²) < 4.78 is 1.51. The van der Waals surface area contributed by atoms with E-state index in [2.05, 4.69) is 10.4 Å². The number of hydrogen-bond acceptors (Lipinski definition) is 5. The van der Waals surface area contributed by atoms with Crippen LogP contribution in [0.25, 0.3) is 22.2 Å². The Hall–Kier alpha value is -3.74. The van der Waals surface area contributed by atoms with Crippen LogP contribution in [0.15, 0.2) is 59.7 Å². The Morgan fingerprint density at radius 2 is 1.70 bits per heavy atom. The van der Waals surface area contributed by atoms with Gasteiger partial charge >= 0.3 is 0 Å². The van der Waals surface area contributed by atoms with Crippen molar-refractivity contribution in [3.05, 3.63) is 65.7 Å². The standard InChI is InChI=1S/C23H22N6O/c24-21-19(23(30)26-16-10-4-5-11-16)20-22(28-18-13-7-6-12-17(18)27-20)29(21)25-14-15-8-2-1-3-9-15/h1-3,6-9,12-14,16H,4-5,10-11,24H2,(H,26,30)/b25-14-. The molecular formula is C23H22N6O. The lowest BCUT2D eigenvalue weighted by atomic mass is 10.2. The first-order valence-corrected chi connectivity index (χ1v) is 10.2. The number of carbonyl (C=O) groups is 1. The van der Waals surface area contributed by atoms with Crippen LogP contribution in [-0.2, 0) is 0 Å². The lowest BCUT2D eigenvalue weighted by Gasteiger charge is -2.11. The van der Waals surface area contributed by atoms with Crippen LogP contribution >= 0.6 is 0 Å². The molecule has 3 N–H and O–H groups in total. The van der Waals surface area contributed by atoms with Crippen molar-refractivity contribution in [2.45, 2.75) is 31.7 Å². The van der Waals surface area contributed by atoms with E-state index >= 15 is 0 Å². The third kappa shape index (κ3) is 3.28. The van der Waals surface area contributed by atoms with Gasteiger partial charge in [0.15, 0.2) is 5.65 Å². The van der Waals surface area contributed by atoms with Crippen molar-refractivity contribution in [3.8, 4) is 0 Å². The van der Waals surface area contributed by atoms with Gasteiger partial charge in [0, 0.05) is 6.04 Å². The van der Waals surface area contributed by atoms with E-state index in [1.165, 1.54) is 4.68 Å². The molecule has 150 valence electrons. The molecule has 2 aromatic carbocycles. The smallest absolute Gasteiger partial charge is 0.257 e. The number of fused-ring (bicyclic) bond motifs is 2. The summed E-state index contributed by atoms with van der Waals surface area (Å²) >= 11 is 0. The second-order valence-corrected chi connectivity index (χ2v) is 7.57. The molecule has 0 atom stereocenters. The zero-order chi connectivity index (χ0) is 20.5. The molecule has 1 amide bonds. The molecule has 5 rings (SSSR count). The molecule has 7 heteroatoms. The predicted octanol–water partition coefficient (Wildman–Crippen LogP) is 3.72. The quantitative estimate of drug-likeness (QED) is 0.512. The summed E-state index contributed by atoms with van der Waals surface area (Å²) in [6, 6.07) is 17.4. The maximum Gasteiger partial charge on any atom is 0.257 e. The number of nitrogens with zero attached hydrogens (tertiary/aromatic N) is 4. The van der Waals surface area contributed by atoms with Crippen molar-refractivity contribution in [1.82, 2.24) is 20.0 Å². The van der Waals surface area contributed by atoms with E-state index in [-0.39, 0.29) is 17.8 Å². The molecule has 1 aliphatic carbocycles. The van der Waals surface area contributed by atoms with Gasteiger partial charge in [-0.2, -0.15) is 9.78 Å². The second-order valence-electron chi connectivity index (χ2n) is 7.57. The maximum absolute atomic E-state index is 13.1. The van der Waals surface area contributed by atoms with Crippen molar-refractivity contribution in [2.24, 2.45) is 5.10 Å². The number of hydrogen-bond donors (Lipinski definition) is 2. The number of para-hydroxylation sites is 2. The van der Waals surface area contributed by atoms with Crippen LogP contribution in [0, 0.1) is 0 Å². The summed E-state index contributed by atoms with van der Waals surface area (Å²) in [6.45, 7) is 0. The molecule has 0 unspecified atom stereocenters. The van der Waals surface area contributed by atoms with Crippen molar-refractivity contribution in [2.75, 3.05) is 5.73 Å². The van der Waals surface area contributed by atoms with Gasteiger partial charge in [-0.05, 0) is 30.5 Å². The maximum atomic E-state index is 13.1. The van der Waals surface area contributed by atoms with Crippen LogP contribution in [0.1, 0.15) is 41.6 Å². The van der Waals surface area contributed by atoms with E-state index in [1.807, 2.05) is 54.6 Å². The molecule has 1 aliphatic rings. The average Bonchev–Trinajstić information content (AvgIpc) is 3.36. The molecule has 1 fully saturated rings. The lowest BCUT2D eigenvalue weighted by Crippen LogP contribution is -2.33. The van der Waals surface area contributed by atoms with E-state index < -0.39 is 0 Å². The van der Waals surface area contributed by atoms with Crippen LogP contribution in [-0.4, -0.2) is 32.8 Å². The summed E-state index contributed by atoms with van der Waals surface area (Å²) in [5, 5.41) is 7.64.